The van der Waals surface area contributed by atoms with Gasteiger partial charge in [0.25, 0.3) is 12.3 Å². The van der Waals surface area contributed by atoms with Crippen molar-refractivity contribution in [3.05, 3.63) is 53.5 Å². The lowest BCUT2D eigenvalue weighted by molar-refractivity contribution is 0.0459. The Morgan fingerprint density at radius 1 is 1.24 bits per heavy atom. The summed E-state index contributed by atoms with van der Waals surface area (Å²) >= 11 is 0. The van der Waals surface area contributed by atoms with Gasteiger partial charge in [-0.2, -0.15) is 5.10 Å². The Morgan fingerprint density at radius 3 is 2.79 bits per heavy atom. The molecule has 1 fully saturated rings. The predicted octanol–water partition coefficient (Wildman–Crippen LogP) is 2.61. The molecule has 2 N–H and O–H groups in total. The molecule has 1 amide bonds. The maximum atomic E-state index is 13.2. The van der Waals surface area contributed by atoms with Gasteiger partial charge >= 0.3 is 0 Å². The van der Waals surface area contributed by atoms with E-state index in [-0.39, 0.29) is 12.5 Å². The molecule has 1 aromatic carbocycles. The van der Waals surface area contributed by atoms with E-state index in [1.54, 1.807) is 27.9 Å². The monoisotopic (exact) mass is 470 g/mol. The summed E-state index contributed by atoms with van der Waals surface area (Å²) in [5.41, 5.74) is 3.69. The molecule has 3 heterocycles. The van der Waals surface area contributed by atoms with Crippen molar-refractivity contribution in [1.29, 1.82) is 0 Å². The lowest BCUT2D eigenvalue weighted by Crippen LogP contribution is -2.48. The summed E-state index contributed by atoms with van der Waals surface area (Å²) in [5, 5.41) is 17.8. The third-order valence-corrected chi connectivity index (χ3v) is 6.70. The van der Waals surface area contributed by atoms with Gasteiger partial charge in [-0.05, 0) is 49.1 Å². The minimum atomic E-state index is -2.35. The van der Waals surface area contributed by atoms with Crippen LogP contribution in [0, 0.1) is 0 Å². The third-order valence-electron chi connectivity index (χ3n) is 6.70. The number of aromatic nitrogens is 3. The number of benzene rings is 1. The molecule has 8 nitrogen and oxygen atoms in total. The zero-order valence-corrected chi connectivity index (χ0v) is 19.0. The van der Waals surface area contributed by atoms with Gasteiger partial charge in [0, 0.05) is 45.0 Å². The van der Waals surface area contributed by atoms with Gasteiger partial charge in [-0.15, -0.1) is 0 Å². The minimum Gasteiger partial charge on any atom is -0.390 e. The average molecular weight is 471 g/mol. The van der Waals surface area contributed by atoms with Crippen molar-refractivity contribution in [1.82, 2.24) is 19.5 Å². The number of amides is 1. The van der Waals surface area contributed by atoms with Crippen molar-refractivity contribution in [2.45, 2.75) is 38.2 Å². The molecule has 0 saturated carbocycles. The largest absolute Gasteiger partial charge is 0.390 e. The van der Waals surface area contributed by atoms with E-state index in [0.717, 1.165) is 23.2 Å². The van der Waals surface area contributed by atoms with Crippen LogP contribution in [0.1, 0.15) is 34.8 Å². The van der Waals surface area contributed by atoms with Crippen LogP contribution in [0.2, 0.25) is 0 Å². The number of hydrogen-bond donors (Lipinski definition) is 2. The van der Waals surface area contributed by atoms with Gasteiger partial charge in [-0.3, -0.25) is 9.69 Å². The molecule has 1 aliphatic carbocycles. The Bertz CT molecular complexity index is 1200. The molecule has 2 aliphatic rings. The summed E-state index contributed by atoms with van der Waals surface area (Å²) in [4.78, 5) is 21.4. The number of halogens is 2. The molecule has 2 aromatic heterocycles. The second-order valence-corrected chi connectivity index (χ2v) is 9.39. The number of anilines is 2. The van der Waals surface area contributed by atoms with Gasteiger partial charge in [0.15, 0.2) is 5.65 Å². The standard InChI is InChI=1S/C24H28F2N6O2/c1-24(34)4-3-16-12-20(31-9-7-30(8-10-31)15-21(25)26)19(11-17(16)13-24)29-23(33)18-14-28-32-6-2-5-27-22(18)32/h2,5-6,11-12,14,21,34H,3-4,7-10,13,15H2,1H3,(H,29,33)/t24-/m0/s1. The van der Waals surface area contributed by atoms with Gasteiger partial charge in [0.05, 0.1) is 29.7 Å². The fourth-order valence-electron chi connectivity index (χ4n) is 4.88. The summed E-state index contributed by atoms with van der Waals surface area (Å²) in [5.74, 6) is -0.325. The van der Waals surface area contributed by atoms with Gasteiger partial charge in [0.2, 0.25) is 0 Å². The van der Waals surface area contributed by atoms with Gasteiger partial charge in [0.1, 0.15) is 5.56 Å². The van der Waals surface area contributed by atoms with Crippen LogP contribution < -0.4 is 10.2 Å². The normalized spacial score (nSPS) is 21.1. The van der Waals surface area contributed by atoms with Crippen LogP contribution in [0.3, 0.4) is 0 Å². The average Bonchev–Trinajstić information content (AvgIpc) is 3.23. The molecule has 0 bridgehead atoms. The van der Waals surface area contributed by atoms with Crippen LogP contribution in [-0.2, 0) is 12.8 Å². The lowest BCUT2D eigenvalue weighted by atomic mass is 9.81. The Hall–Kier alpha value is -3.11. The number of fused-ring (bicyclic) bond motifs is 2. The molecule has 0 spiro atoms. The zero-order valence-electron chi connectivity index (χ0n) is 19.0. The Balaban J connectivity index is 1.45. The fourth-order valence-corrected chi connectivity index (χ4v) is 4.88. The number of rotatable bonds is 5. The van der Waals surface area contributed by atoms with Crippen molar-refractivity contribution in [2.75, 3.05) is 42.9 Å². The molecule has 1 atom stereocenters. The number of carbonyl (C=O) groups excluding carboxylic acids is 1. The van der Waals surface area contributed by atoms with E-state index in [2.05, 4.69) is 26.4 Å². The zero-order chi connectivity index (χ0) is 23.9. The highest BCUT2D eigenvalue weighted by Gasteiger charge is 2.30. The summed E-state index contributed by atoms with van der Waals surface area (Å²) in [6.07, 6.45) is 4.39. The maximum absolute atomic E-state index is 13.2. The van der Waals surface area contributed by atoms with Crippen LogP contribution >= 0.6 is 0 Å². The molecule has 5 rings (SSSR count). The van der Waals surface area contributed by atoms with Crippen molar-refractivity contribution >= 4 is 22.9 Å². The molecule has 180 valence electrons. The van der Waals surface area contributed by atoms with Crippen LogP contribution in [0.5, 0.6) is 0 Å². The molecule has 34 heavy (non-hydrogen) atoms. The molecule has 1 saturated heterocycles. The van der Waals surface area contributed by atoms with Crippen LogP contribution in [0.25, 0.3) is 5.65 Å². The van der Waals surface area contributed by atoms with E-state index in [4.69, 9.17) is 0 Å². The van der Waals surface area contributed by atoms with Crippen LogP contribution in [-0.4, -0.2) is 75.3 Å². The summed E-state index contributed by atoms with van der Waals surface area (Å²) < 4.78 is 27.2. The van der Waals surface area contributed by atoms with E-state index in [1.807, 2.05) is 13.0 Å². The van der Waals surface area contributed by atoms with Gasteiger partial charge in [-0.25, -0.2) is 18.3 Å². The smallest absolute Gasteiger partial charge is 0.261 e. The molecule has 10 heteroatoms. The quantitative estimate of drug-likeness (QED) is 0.596. The summed E-state index contributed by atoms with van der Waals surface area (Å²) in [6.45, 7) is 3.84. The molecular weight excluding hydrogens is 442 g/mol. The Morgan fingerprint density at radius 2 is 2.03 bits per heavy atom. The Labute approximate surface area is 196 Å². The first-order valence-corrected chi connectivity index (χ1v) is 11.5. The number of carbonyl (C=O) groups is 1. The van der Waals surface area contributed by atoms with E-state index < -0.39 is 12.0 Å². The number of aliphatic hydroxyl groups is 1. The molecule has 3 aromatic rings. The summed E-state index contributed by atoms with van der Waals surface area (Å²) in [7, 11) is 0. The van der Waals surface area contributed by atoms with Crippen LogP contribution in [0.15, 0.2) is 36.8 Å². The highest BCUT2D eigenvalue weighted by molar-refractivity contribution is 6.09. The van der Waals surface area contributed by atoms with Crippen molar-refractivity contribution in [3.63, 3.8) is 0 Å². The van der Waals surface area contributed by atoms with Gasteiger partial charge in [-0.1, -0.05) is 0 Å². The van der Waals surface area contributed by atoms with Crippen molar-refractivity contribution < 1.29 is 18.7 Å². The highest BCUT2D eigenvalue weighted by Crippen LogP contribution is 2.37. The Kier molecular flexibility index (Phi) is 5.95. The maximum Gasteiger partial charge on any atom is 0.261 e. The number of nitrogens with one attached hydrogen (secondary N) is 1. The SMILES string of the molecule is C[C@]1(O)CCc2cc(N3CCN(CC(F)F)CC3)c(NC(=O)c3cnn4cccnc34)cc2C1. The van der Waals surface area contributed by atoms with Crippen molar-refractivity contribution in [3.8, 4) is 0 Å². The number of piperazine rings is 1. The first-order chi connectivity index (χ1) is 16.3. The van der Waals surface area contributed by atoms with Gasteiger partial charge < -0.3 is 15.3 Å². The molecule has 1 aliphatic heterocycles. The third kappa shape index (κ3) is 4.60. The predicted molar refractivity (Wildman–Crippen MR) is 125 cm³/mol. The summed E-state index contributed by atoms with van der Waals surface area (Å²) in [6, 6.07) is 5.76. The van der Waals surface area contributed by atoms with Crippen LogP contribution in [0.4, 0.5) is 20.2 Å². The van der Waals surface area contributed by atoms with Crippen molar-refractivity contribution in [2.24, 2.45) is 0 Å². The van der Waals surface area contributed by atoms with E-state index in [9.17, 15) is 18.7 Å². The van der Waals surface area contributed by atoms with E-state index in [1.165, 1.54) is 6.20 Å². The number of hydrogen-bond acceptors (Lipinski definition) is 6. The minimum absolute atomic E-state index is 0.224. The number of alkyl halides is 2. The first kappa shape index (κ1) is 22.7. The second-order valence-electron chi connectivity index (χ2n) is 9.39. The van der Waals surface area contributed by atoms with E-state index in [0.29, 0.717) is 55.9 Å². The fraction of sp³-hybridized carbons (Fsp3) is 0.458. The van der Waals surface area contributed by atoms with E-state index >= 15 is 0 Å². The molecule has 0 unspecified atom stereocenters. The molecular formula is C24H28F2N6O2. The number of aryl methyl sites for hydroxylation is 1. The number of nitrogens with zero attached hydrogens (tertiary/aromatic N) is 5. The topological polar surface area (TPSA) is 86.0 Å². The first-order valence-electron chi connectivity index (χ1n) is 11.5. The highest BCUT2D eigenvalue weighted by atomic mass is 19.3. The lowest BCUT2D eigenvalue weighted by Gasteiger charge is -2.38. The molecule has 0 radical (unpaired) electrons. The second kappa shape index (κ2) is 8.92.